The summed E-state index contributed by atoms with van der Waals surface area (Å²) in [5.41, 5.74) is 3.28. The molecule has 0 radical (unpaired) electrons. The summed E-state index contributed by atoms with van der Waals surface area (Å²) in [6, 6.07) is 4.77. The first-order valence-electron chi connectivity index (χ1n) is 8.18. The van der Waals surface area contributed by atoms with Crippen molar-refractivity contribution in [1.82, 2.24) is 19.7 Å². The number of anilines is 1. The molecule has 0 amide bonds. The van der Waals surface area contributed by atoms with Crippen LogP contribution in [0.25, 0.3) is 21.9 Å². The number of nitro groups is 1. The maximum Gasteiger partial charge on any atom is 0.270 e. The SMILES string of the molecule is Cc1nn(C)c2nc3ccc([N+](=O)[O-])cc3c(NCCCN(C)C)c12.Cl. The number of fused-ring (bicyclic) bond motifs is 2. The van der Waals surface area contributed by atoms with Crippen LogP contribution in [0.5, 0.6) is 0 Å². The fraction of sp³-hybridized carbons (Fsp3) is 0.412. The fourth-order valence-corrected chi connectivity index (χ4v) is 3.04. The third-order valence-electron chi connectivity index (χ3n) is 4.21. The lowest BCUT2D eigenvalue weighted by atomic mass is 10.1. The number of benzene rings is 1. The Labute approximate surface area is 157 Å². The summed E-state index contributed by atoms with van der Waals surface area (Å²) in [4.78, 5) is 17.6. The average molecular weight is 379 g/mol. The molecule has 0 atom stereocenters. The van der Waals surface area contributed by atoms with Crippen molar-refractivity contribution in [2.75, 3.05) is 32.5 Å². The van der Waals surface area contributed by atoms with Gasteiger partial charge in [0, 0.05) is 31.1 Å². The van der Waals surface area contributed by atoms with E-state index in [9.17, 15) is 10.1 Å². The van der Waals surface area contributed by atoms with E-state index >= 15 is 0 Å². The van der Waals surface area contributed by atoms with Crippen LogP contribution in [-0.4, -0.2) is 51.8 Å². The van der Waals surface area contributed by atoms with E-state index in [1.807, 2.05) is 28.1 Å². The first-order chi connectivity index (χ1) is 11.9. The summed E-state index contributed by atoms with van der Waals surface area (Å²) < 4.78 is 1.75. The van der Waals surface area contributed by atoms with Gasteiger partial charge in [0.05, 0.1) is 27.2 Å². The zero-order chi connectivity index (χ0) is 18.1. The second-order valence-electron chi connectivity index (χ2n) is 6.44. The van der Waals surface area contributed by atoms with Gasteiger partial charge in [-0.25, -0.2) is 4.98 Å². The molecule has 0 aliphatic carbocycles. The van der Waals surface area contributed by atoms with Crippen molar-refractivity contribution in [2.24, 2.45) is 7.05 Å². The Morgan fingerprint density at radius 3 is 2.73 bits per heavy atom. The Hall–Kier alpha value is -2.45. The Bertz CT molecular complexity index is 953. The molecular weight excluding hydrogens is 356 g/mol. The third-order valence-corrected chi connectivity index (χ3v) is 4.21. The van der Waals surface area contributed by atoms with Crippen molar-refractivity contribution in [2.45, 2.75) is 13.3 Å². The maximum absolute atomic E-state index is 11.2. The number of non-ortho nitro benzene ring substituents is 1. The van der Waals surface area contributed by atoms with Gasteiger partial charge in [-0.3, -0.25) is 14.8 Å². The fourth-order valence-electron chi connectivity index (χ4n) is 3.04. The molecule has 0 aliphatic rings. The van der Waals surface area contributed by atoms with E-state index in [1.54, 1.807) is 16.8 Å². The molecule has 2 aromatic heterocycles. The van der Waals surface area contributed by atoms with E-state index in [0.717, 1.165) is 52.8 Å². The van der Waals surface area contributed by atoms with Gasteiger partial charge in [0.15, 0.2) is 5.65 Å². The van der Waals surface area contributed by atoms with E-state index in [1.165, 1.54) is 6.07 Å². The Morgan fingerprint density at radius 2 is 2.08 bits per heavy atom. The molecule has 8 nitrogen and oxygen atoms in total. The predicted octanol–water partition coefficient (Wildman–Crippen LogP) is 3.12. The largest absolute Gasteiger partial charge is 0.384 e. The van der Waals surface area contributed by atoms with Gasteiger partial charge < -0.3 is 10.2 Å². The van der Waals surface area contributed by atoms with Gasteiger partial charge in [0.25, 0.3) is 5.69 Å². The molecule has 0 aliphatic heterocycles. The molecule has 0 bridgehead atoms. The van der Waals surface area contributed by atoms with Gasteiger partial charge in [-0.15, -0.1) is 12.4 Å². The van der Waals surface area contributed by atoms with Crippen LogP contribution in [0.3, 0.4) is 0 Å². The smallest absolute Gasteiger partial charge is 0.270 e. The molecule has 0 fully saturated rings. The number of nitrogens with zero attached hydrogens (tertiary/aromatic N) is 5. The molecule has 0 saturated heterocycles. The molecule has 1 aromatic carbocycles. The second kappa shape index (κ2) is 7.84. The minimum Gasteiger partial charge on any atom is -0.384 e. The number of nitrogens with one attached hydrogen (secondary N) is 1. The van der Waals surface area contributed by atoms with Crippen molar-refractivity contribution in [1.29, 1.82) is 0 Å². The molecule has 1 N–H and O–H groups in total. The average Bonchev–Trinajstić information content (AvgIpc) is 2.84. The quantitative estimate of drug-likeness (QED) is 0.402. The number of aromatic nitrogens is 3. The van der Waals surface area contributed by atoms with E-state index in [0.29, 0.717) is 0 Å². The van der Waals surface area contributed by atoms with Crippen LogP contribution < -0.4 is 5.32 Å². The summed E-state index contributed by atoms with van der Waals surface area (Å²) in [5, 5.41) is 20.8. The Kier molecular flexibility index (Phi) is 5.99. The standard InChI is InChI=1S/C17H22N6O2.ClH/c1-11-15-16(18-8-5-9-21(2)3)13-10-12(23(24)25)6-7-14(13)19-17(15)22(4)20-11;/h6-7,10H,5,8-9H2,1-4H3,(H,18,19);1H. The molecular formula is C17H23ClN6O2. The minimum absolute atomic E-state index is 0. The molecule has 9 heteroatoms. The van der Waals surface area contributed by atoms with E-state index in [-0.39, 0.29) is 23.0 Å². The van der Waals surface area contributed by atoms with Crippen LogP contribution in [0.1, 0.15) is 12.1 Å². The number of nitro benzene ring substituents is 1. The van der Waals surface area contributed by atoms with Crippen LogP contribution in [0.15, 0.2) is 18.2 Å². The lowest BCUT2D eigenvalue weighted by molar-refractivity contribution is -0.384. The van der Waals surface area contributed by atoms with Crippen LogP contribution in [-0.2, 0) is 7.05 Å². The minimum atomic E-state index is -0.379. The van der Waals surface area contributed by atoms with Crippen LogP contribution in [0, 0.1) is 17.0 Å². The molecule has 2 heterocycles. The van der Waals surface area contributed by atoms with Gasteiger partial charge >= 0.3 is 0 Å². The normalized spacial score (nSPS) is 11.1. The zero-order valence-corrected chi connectivity index (χ0v) is 16.1. The lowest BCUT2D eigenvalue weighted by Crippen LogP contribution is -2.16. The van der Waals surface area contributed by atoms with E-state index in [4.69, 9.17) is 0 Å². The number of halogens is 1. The summed E-state index contributed by atoms with van der Waals surface area (Å²) >= 11 is 0. The highest BCUT2D eigenvalue weighted by molar-refractivity contribution is 6.08. The van der Waals surface area contributed by atoms with Gasteiger partial charge in [-0.05, 0) is 40.1 Å². The molecule has 0 spiro atoms. The van der Waals surface area contributed by atoms with E-state index < -0.39 is 0 Å². The van der Waals surface area contributed by atoms with Crippen LogP contribution in [0.2, 0.25) is 0 Å². The summed E-state index contributed by atoms with van der Waals surface area (Å²) in [6.07, 6.45) is 0.965. The van der Waals surface area contributed by atoms with E-state index in [2.05, 4.69) is 20.3 Å². The molecule has 0 saturated carbocycles. The van der Waals surface area contributed by atoms with Crippen molar-refractivity contribution < 1.29 is 4.92 Å². The molecule has 3 rings (SSSR count). The van der Waals surface area contributed by atoms with Crippen molar-refractivity contribution >= 4 is 45.7 Å². The summed E-state index contributed by atoms with van der Waals surface area (Å²) in [5.74, 6) is 0. The zero-order valence-electron chi connectivity index (χ0n) is 15.3. The number of rotatable bonds is 6. The topological polar surface area (TPSA) is 89.1 Å². The van der Waals surface area contributed by atoms with Gasteiger partial charge in [0.1, 0.15) is 0 Å². The van der Waals surface area contributed by atoms with Gasteiger partial charge in [-0.1, -0.05) is 0 Å². The number of hydrogen-bond acceptors (Lipinski definition) is 6. The number of aryl methyl sites for hydroxylation is 2. The Balaban J connectivity index is 0.00000243. The van der Waals surface area contributed by atoms with Crippen LogP contribution >= 0.6 is 12.4 Å². The van der Waals surface area contributed by atoms with Crippen molar-refractivity contribution in [3.05, 3.63) is 34.0 Å². The highest BCUT2D eigenvalue weighted by atomic mass is 35.5. The monoisotopic (exact) mass is 378 g/mol. The number of hydrogen-bond donors (Lipinski definition) is 1. The van der Waals surface area contributed by atoms with Crippen molar-refractivity contribution in [3.63, 3.8) is 0 Å². The lowest BCUT2D eigenvalue weighted by Gasteiger charge is -2.13. The first kappa shape index (κ1) is 19.9. The molecule has 0 unspecified atom stereocenters. The Morgan fingerprint density at radius 1 is 1.35 bits per heavy atom. The van der Waals surface area contributed by atoms with Gasteiger partial charge in [0.2, 0.25) is 0 Å². The van der Waals surface area contributed by atoms with Crippen LogP contribution in [0.4, 0.5) is 11.4 Å². The first-order valence-corrected chi connectivity index (χ1v) is 8.18. The van der Waals surface area contributed by atoms with Crippen molar-refractivity contribution in [3.8, 4) is 0 Å². The number of pyridine rings is 1. The third kappa shape index (κ3) is 3.71. The highest BCUT2D eigenvalue weighted by Gasteiger charge is 2.17. The molecule has 3 aromatic rings. The maximum atomic E-state index is 11.2. The molecule has 26 heavy (non-hydrogen) atoms. The second-order valence-corrected chi connectivity index (χ2v) is 6.44. The molecule has 140 valence electrons. The van der Waals surface area contributed by atoms with Gasteiger partial charge in [-0.2, -0.15) is 5.10 Å². The predicted molar refractivity (Wildman–Crippen MR) is 106 cm³/mol. The summed E-state index contributed by atoms with van der Waals surface area (Å²) in [7, 11) is 5.93. The summed E-state index contributed by atoms with van der Waals surface area (Å²) in [6.45, 7) is 3.66. The highest BCUT2D eigenvalue weighted by Crippen LogP contribution is 2.34.